The Bertz CT molecular complexity index is 648. The molecular weight excluding hydrogens is 258 g/mol. The van der Waals surface area contributed by atoms with Crippen LogP contribution in [0.4, 0.5) is 0 Å². The van der Waals surface area contributed by atoms with E-state index in [-0.39, 0.29) is 6.54 Å². The van der Waals surface area contributed by atoms with E-state index in [4.69, 9.17) is 0 Å². The maximum atomic E-state index is 11.3. The third kappa shape index (κ3) is 2.80. The summed E-state index contributed by atoms with van der Waals surface area (Å²) in [5.41, 5.74) is 1.76. The fourth-order valence-corrected chi connectivity index (χ4v) is 2.01. The Morgan fingerprint density at radius 1 is 1.30 bits per heavy atom. The highest BCUT2D eigenvalue weighted by molar-refractivity contribution is 6.35. The predicted molar refractivity (Wildman–Crippen MR) is 75.0 cm³/mol. The summed E-state index contributed by atoms with van der Waals surface area (Å²) in [6.07, 6.45) is 1.09. The van der Waals surface area contributed by atoms with Crippen molar-refractivity contribution in [3.8, 4) is 0 Å². The van der Waals surface area contributed by atoms with Crippen LogP contribution in [0.25, 0.3) is 10.9 Å². The van der Waals surface area contributed by atoms with Gasteiger partial charge in [0.15, 0.2) is 0 Å². The van der Waals surface area contributed by atoms with Crippen LogP contribution in [0.15, 0.2) is 30.5 Å². The van der Waals surface area contributed by atoms with Gasteiger partial charge in [0.2, 0.25) is 0 Å². The SMILES string of the molecule is CNC(=O)C(=O)NCC(O)c1ccc2c(ccn2C)c1. The highest BCUT2D eigenvalue weighted by atomic mass is 16.3. The second kappa shape index (κ2) is 5.75. The molecule has 106 valence electrons. The van der Waals surface area contributed by atoms with Crippen molar-refractivity contribution in [1.29, 1.82) is 0 Å². The molecule has 0 saturated heterocycles. The molecular formula is C14H17N3O3. The smallest absolute Gasteiger partial charge is 0.309 e. The lowest BCUT2D eigenvalue weighted by molar-refractivity contribution is -0.139. The number of carbonyl (C=O) groups excluding carboxylic acids is 2. The quantitative estimate of drug-likeness (QED) is 0.693. The van der Waals surface area contributed by atoms with Crippen molar-refractivity contribution in [2.45, 2.75) is 6.10 Å². The van der Waals surface area contributed by atoms with Crippen molar-refractivity contribution in [1.82, 2.24) is 15.2 Å². The Labute approximate surface area is 116 Å². The monoisotopic (exact) mass is 275 g/mol. The standard InChI is InChI=1S/C14H17N3O3/c1-15-13(19)14(20)16-8-12(18)10-3-4-11-9(7-10)5-6-17(11)2/h3-7,12,18H,8H2,1-2H3,(H,15,19)(H,16,20). The molecule has 2 amide bonds. The third-order valence-electron chi connectivity index (χ3n) is 3.18. The van der Waals surface area contributed by atoms with E-state index in [9.17, 15) is 14.7 Å². The fourth-order valence-electron chi connectivity index (χ4n) is 2.01. The van der Waals surface area contributed by atoms with E-state index in [0.717, 1.165) is 10.9 Å². The number of aryl methyl sites for hydroxylation is 1. The summed E-state index contributed by atoms with van der Waals surface area (Å²) in [6.45, 7) is -0.00933. The van der Waals surface area contributed by atoms with E-state index in [0.29, 0.717) is 5.56 Å². The molecule has 0 radical (unpaired) electrons. The molecule has 2 aromatic rings. The van der Waals surface area contributed by atoms with Gasteiger partial charge in [-0.15, -0.1) is 0 Å². The number of likely N-dealkylation sites (N-methyl/N-ethyl adjacent to an activating group) is 1. The van der Waals surface area contributed by atoms with Gasteiger partial charge in [0.05, 0.1) is 6.10 Å². The van der Waals surface area contributed by atoms with Crippen molar-refractivity contribution in [3.63, 3.8) is 0 Å². The number of nitrogens with zero attached hydrogens (tertiary/aromatic N) is 1. The molecule has 1 heterocycles. The van der Waals surface area contributed by atoms with Crippen LogP contribution in [-0.2, 0) is 16.6 Å². The van der Waals surface area contributed by atoms with Gasteiger partial charge < -0.3 is 20.3 Å². The van der Waals surface area contributed by atoms with Gasteiger partial charge in [0.1, 0.15) is 0 Å². The van der Waals surface area contributed by atoms with Gasteiger partial charge in [0, 0.05) is 32.4 Å². The fraction of sp³-hybridized carbons (Fsp3) is 0.286. The van der Waals surface area contributed by atoms with Crippen LogP contribution in [0.3, 0.4) is 0 Å². The zero-order valence-electron chi connectivity index (χ0n) is 11.4. The summed E-state index contributed by atoms with van der Waals surface area (Å²) in [4.78, 5) is 22.3. The average Bonchev–Trinajstić information content (AvgIpc) is 2.84. The molecule has 1 aromatic carbocycles. The normalized spacial score (nSPS) is 12.2. The molecule has 3 N–H and O–H groups in total. The molecule has 1 atom stereocenters. The van der Waals surface area contributed by atoms with Crippen LogP contribution < -0.4 is 10.6 Å². The van der Waals surface area contributed by atoms with Crippen molar-refractivity contribution in [2.75, 3.05) is 13.6 Å². The predicted octanol–water partition coefficient (Wildman–Crippen LogP) is 0.0739. The van der Waals surface area contributed by atoms with E-state index >= 15 is 0 Å². The third-order valence-corrected chi connectivity index (χ3v) is 3.18. The summed E-state index contributed by atoms with van der Waals surface area (Å²) in [7, 11) is 3.32. The molecule has 0 bridgehead atoms. The molecule has 0 aliphatic carbocycles. The Balaban J connectivity index is 2.05. The number of nitrogens with one attached hydrogen (secondary N) is 2. The van der Waals surface area contributed by atoms with Crippen LogP contribution in [0.5, 0.6) is 0 Å². The minimum atomic E-state index is -0.854. The highest BCUT2D eigenvalue weighted by Crippen LogP contribution is 2.20. The van der Waals surface area contributed by atoms with Crippen LogP contribution in [0, 0.1) is 0 Å². The van der Waals surface area contributed by atoms with Crippen LogP contribution >= 0.6 is 0 Å². The molecule has 0 aliphatic rings. The maximum Gasteiger partial charge on any atom is 0.309 e. The molecule has 6 nitrogen and oxygen atoms in total. The number of aliphatic hydroxyl groups excluding tert-OH is 1. The Morgan fingerprint density at radius 3 is 2.75 bits per heavy atom. The lowest BCUT2D eigenvalue weighted by Gasteiger charge is -2.12. The molecule has 2 rings (SSSR count). The molecule has 0 saturated carbocycles. The molecule has 1 aromatic heterocycles. The van der Waals surface area contributed by atoms with Gasteiger partial charge in [-0.1, -0.05) is 6.07 Å². The molecule has 0 aliphatic heterocycles. The first-order valence-electron chi connectivity index (χ1n) is 6.26. The van der Waals surface area contributed by atoms with Crippen molar-refractivity contribution < 1.29 is 14.7 Å². The van der Waals surface area contributed by atoms with E-state index in [1.54, 1.807) is 6.07 Å². The summed E-state index contributed by atoms with van der Waals surface area (Å²) in [5.74, 6) is -1.48. The van der Waals surface area contributed by atoms with Crippen LogP contribution in [-0.4, -0.2) is 35.1 Å². The van der Waals surface area contributed by atoms with Gasteiger partial charge in [0.25, 0.3) is 0 Å². The first-order valence-corrected chi connectivity index (χ1v) is 6.26. The number of amides is 2. The maximum absolute atomic E-state index is 11.3. The van der Waals surface area contributed by atoms with E-state index in [1.807, 2.05) is 36.0 Å². The van der Waals surface area contributed by atoms with Gasteiger partial charge >= 0.3 is 11.8 Å². The number of benzene rings is 1. The first kappa shape index (κ1) is 14.1. The Kier molecular flexibility index (Phi) is 4.05. The minimum absolute atomic E-state index is 0.00933. The zero-order valence-corrected chi connectivity index (χ0v) is 11.4. The van der Waals surface area contributed by atoms with E-state index in [1.165, 1.54) is 7.05 Å². The van der Waals surface area contributed by atoms with Gasteiger partial charge in [-0.05, 0) is 29.1 Å². The lowest BCUT2D eigenvalue weighted by atomic mass is 10.1. The van der Waals surface area contributed by atoms with Crippen LogP contribution in [0.2, 0.25) is 0 Å². The minimum Gasteiger partial charge on any atom is -0.387 e. The second-order valence-corrected chi connectivity index (χ2v) is 4.55. The highest BCUT2D eigenvalue weighted by Gasteiger charge is 2.14. The second-order valence-electron chi connectivity index (χ2n) is 4.55. The van der Waals surface area contributed by atoms with Crippen molar-refractivity contribution in [3.05, 3.63) is 36.0 Å². The number of aliphatic hydroxyl groups is 1. The van der Waals surface area contributed by atoms with Crippen LogP contribution in [0.1, 0.15) is 11.7 Å². The number of carbonyl (C=O) groups is 2. The molecule has 1 unspecified atom stereocenters. The Morgan fingerprint density at radius 2 is 2.05 bits per heavy atom. The number of fused-ring (bicyclic) bond motifs is 1. The Hall–Kier alpha value is -2.34. The summed E-state index contributed by atoms with van der Waals surface area (Å²) in [6, 6.07) is 7.54. The molecule has 6 heteroatoms. The summed E-state index contributed by atoms with van der Waals surface area (Å²) >= 11 is 0. The number of rotatable bonds is 3. The average molecular weight is 275 g/mol. The van der Waals surface area contributed by atoms with E-state index in [2.05, 4.69) is 10.6 Å². The van der Waals surface area contributed by atoms with Crippen molar-refractivity contribution in [2.24, 2.45) is 7.05 Å². The summed E-state index contributed by atoms with van der Waals surface area (Å²) < 4.78 is 1.98. The first-order chi connectivity index (χ1) is 9.52. The van der Waals surface area contributed by atoms with Gasteiger partial charge in [-0.2, -0.15) is 0 Å². The number of aromatic nitrogens is 1. The van der Waals surface area contributed by atoms with Gasteiger partial charge in [-0.3, -0.25) is 9.59 Å². The van der Waals surface area contributed by atoms with Crippen molar-refractivity contribution >= 4 is 22.7 Å². The zero-order chi connectivity index (χ0) is 14.7. The molecule has 0 fully saturated rings. The molecule has 20 heavy (non-hydrogen) atoms. The molecule has 0 spiro atoms. The summed E-state index contributed by atoms with van der Waals surface area (Å²) in [5, 5.41) is 15.7. The van der Waals surface area contributed by atoms with Gasteiger partial charge in [-0.25, -0.2) is 0 Å². The topological polar surface area (TPSA) is 83.4 Å². The number of hydrogen-bond donors (Lipinski definition) is 3. The largest absolute Gasteiger partial charge is 0.387 e. The number of hydrogen-bond acceptors (Lipinski definition) is 3. The van der Waals surface area contributed by atoms with E-state index < -0.39 is 17.9 Å². The lowest BCUT2D eigenvalue weighted by Crippen LogP contribution is -2.39.